The molecule has 0 saturated carbocycles. The van der Waals surface area contributed by atoms with Crippen LogP contribution in [0.15, 0.2) is 0 Å². The standard InChI is InChI=1S/C13H24N2O4/c1-13(2,3)19-12(17)15-6-5-9(8-15)10(7-14)11(16)18-4/h9-10H,5-8,14H2,1-4H3. The van der Waals surface area contributed by atoms with Gasteiger partial charge in [0.05, 0.1) is 13.0 Å². The molecule has 110 valence electrons. The van der Waals surface area contributed by atoms with Gasteiger partial charge >= 0.3 is 12.1 Å². The van der Waals surface area contributed by atoms with Gasteiger partial charge in [-0.05, 0) is 33.1 Å². The van der Waals surface area contributed by atoms with E-state index in [1.807, 2.05) is 20.8 Å². The summed E-state index contributed by atoms with van der Waals surface area (Å²) in [4.78, 5) is 25.1. The van der Waals surface area contributed by atoms with Crippen molar-refractivity contribution in [2.45, 2.75) is 32.8 Å². The highest BCUT2D eigenvalue weighted by molar-refractivity contribution is 5.73. The number of esters is 1. The Morgan fingerprint density at radius 3 is 2.53 bits per heavy atom. The highest BCUT2D eigenvalue weighted by Crippen LogP contribution is 2.26. The predicted octanol–water partition coefficient (Wildman–Crippen LogP) is 0.991. The van der Waals surface area contributed by atoms with Crippen molar-refractivity contribution < 1.29 is 19.1 Å². The Balaban J connectivity index is 2.57. The second kappa shape index (κ2) is 6.23. The Labute approximate surface area is 114 Å². The Hall–Kier alpha value is -1.30. The minimum atomic E-state index is -0.509. The molecular weight excluding hydrogens is 248 g/mol. The minimum Gasteiger partial charge on any atom is -0.469 e. The number of ether oxygens (including phenoxy) is 2. The average Bonchev–Trinajstić information content (AvgIpc) is 2.77. The largest absolute Gasteiger partial charge is 0.469 e. The maximum atomic E-state index is 11.9. The topological polar surface area (TPSA) is 81.9 Å². The molecule has 2 unspecified atom stereocenters. The fourth-order valence-electron chi connectivity index (χ4n) is 2.24. The molecule has 1 aliphatic rings. The average molecular weight is 272 g/mol. The number of rotatable bonds is 3. The van der Waals surface area contributed by atoms with Crippen LogP contribution >= 0.6 is 0 Å². The first kappa shape index (κ1) is 15.8. The van der Waals surface area contributed by atoms with Gasteiger partial charge in [0, 0.05) is 19.6 Å². The lowest BCUT2D eigenvalue weighted by atomic mass is 9.92. The van der Waals surface area contributed by atoms with Gasteiger partial charge in [0.15, 0.2) is 0 Å². The van der Waals surface area contributed by atoms with Crippen LogP contribution in [0.1, 0.15) is 27.2 Å². The van der Waals surface area contributed by atoms with Gasteiger partial charge in [-0.1, -0.05) is 0 Å². The molecule has 19 heavy (non-hydrogen) atoms. The van der Waals surface area contributed by atoms with Gasteiger partial charge < -0.3 is 20.1 Å². The molecule has 1 saturated heterocycles. The first-order valence-electron chi connectivity index (χ1n) is 6.54. The first-order chi connectivity index (χ1) is 8.78. The predicted molar refractivity (Wildman–Crippen MR) is 70.5 cm³/mol. The van der Waals surface area contributed by atoms with Gasteiger partial charge in [0.2, 0.25) is 0 Å². The maximum Gasteiger partial charge on any atom is 0.410 e. The molecule has 2 atom stereocenters. The summed E-state index contributed by atoms with van der Waals surface area (Å²) in [5.41, 5.74) is 5.11. The van der Waals surface area contributed by atoms with Crippen LogP contribution in [0.3, 0.4) is 0 Å². The molecule has 1 amide bonds. The number of hydrogen-bond donors (Lipinski definition) is 1. The van der Waals surface area contributed by atoms with Crippen LogP contribution in [-0.4, -0.2) is 49.3 Å². The molecule has 0 aromatic heterocycles. The zero-order valence-electron chi connectivity index (χ0n) is 12.1. The normalized spacial score (nSPS) is 21.1. The molecule has 0 radical (unpaired) electrons. The van der Waals surface area contributed by atoms with E-state index in [1.54, 1.807) is 4.90 Å². The van der Waals surface area contributed by atoms with E-state index in [-0.39, 0.29) is 30.4 Å². The number of carbonyl (C=O) groups is 2. The number of carbonyl (C=O) groups excluding carboxylic acids is 2. The summed E-state index contributed by atoms with van der Waals surface area (Å²) >= 11 is 0. The molecule has 0 bridgehead atoms. The number of amides is 1. The zero-order chi connectivity index (χ0) is 14.6. The van der Waals surface area contributed by atoms with Crippen molar-refractivity contribution in [3.8, 4) is 0 Å². The summed E-state index contributed by atoms with van der Waals surface area (Å²) in [7, 11) is 1.35. The molecule has 0 aliphatic carbocycles. The molecule has 6 heteroatoms. The van der Waals surface area contributed by atoms with E-state index in [9.17, 15) is 9.59 Å². The first-order valence-corrected chi connectivity index (χ1v) is 6.54. The number of hydrogen-bond acceptors (Lipinski definition) is 5. The molecule has 1 aliphatic heterocycles. The summed E-state index contributed by atoms with van der Waals surface area (Å²) < 4.78 is 10.0. The van der Waals surface area contributed by atoms with Crippen molar-refractivity contribution in [3.63, 3.8) is 0 Å². The maximum absolute atomic E-state index is 11.9. The molecule has 0 aromatic rings. The van der Waals surface area contributed by atoms with Crippen LogP contribution in [0, 0.1) is 11.8 Å². The van der Waals surface area contributed by atoms with Crippen LogP contribution in [-0.2, 0) is 14.3 Å². The summed E-state index contributed by atoms with van der Waals surface area (Å²) in [5, 5.41) is 0. The van der Waals surface area contributed by atoms with Gasteiger partial charge in [0.25, 0.3) is 0 Å². The van der Waals surface area contributed by atoms with Crippen LogP contribution in [0.2, 0.25) is 0 Å². The Morgan fingerprint density at radius 2 is 2.05 bits per heavy atom. The van der Waals surface area contributed by atoms with Crippen molar-refractivity contribution in [2.75, 3.05) is 26.7 Å². The molecule has 1 fully saturated rings. The van der Waals surface area contributed by atoms with E-state index in [4.69, 9.17) is 15.2 Å². The van der Waals surface area contributed by atoms with Crippen LogP contribution in [0.25, 0.3) is 0 Å². The van der Waals surface area contributed by atoms with E-state index < -0.39 is 5.60 Å². The number of methoxy groups -OCH3 is 1. The molecule has 6 nitrogen and oxygen atoms in total. The summed E-state index contributed by atoms with van der Waals surface area (Å²) in [6.07, 6.45) is 0.409. The van der Waals surface area contributed by atoms with Gasteiger partial charge in [-0.2, -0.15) is 0 Å². The van der Waals surface area contributed by atoms with Crippen molar-refractivity contribution in [2.24, 2.45) is 17.6 Å². The van der Waals surface area contributed by atoms with Gasteiger partial charge in [-0.25, -0.2) is 4.79 Å². The molecule has 1 heterocycles. The second-order valence-corrected chi connectivity index (χ2v) is 5.84. The Bertz CT molecular complexity index is 338. The van der Waals surface area contributed by atoms with Crippen LogP contribution in [0.5, 0.6) is 0 Å². The van der Waals surface area contributed by atoms with E-state index in [2.05, 4.69) is 0 Å². The van der Waals surface area contributed by atoms with E-state index >= 15 is 0 Å². The summed E-state index contributed by atoms with van der Waals surface area (Å²) in [5.74, 6) is -0.610. The smallest absolute Gasteiger partial charge is 0.410 e. The van der Waals surface area contributed by atoms with E-state index in [1.165, 1.54) is 7.11 Å². The summed E-state index contributed by atoms with van der Waals surface area (Å²) in [6, 6.07) is 0. The van der Waals surface area contributed by atoms with Crippen LogP contribution < -0.4 is 5.73 Å². The third-order valence-electron chi connectivity index (χ3n) is 3.20. The zero-order valence-corrected chi connectivity index (χ0v) is 12.1. The molecule has 0 spiro atoms. The van der Waals surface area contributed by atoms with Crippen LogP contribution in [0.4, 0.5) is 4.79 Å². The number of nitrogens with two attached hydrogens (primary N) is 1. The van der Waals surface area contributed by atoms with E-state index in [0.717, 1.165) is 6.42 Å². The third-order valence-corrected chi connectivity index (χ3v) is 3.20. The van der Waals surface area contributed by atoms with Crippen molar-refractivity contribution >= 4 is 12.1 Å². The third kappa shape index (κ3) is 4.38. The number of nitrogens with zero attached hydrogens (tertiary/aromatic N) is 1. The molecule has 1 rings (SSSR count). The van der Waals surface area contributed by atoms with Gasteiger partial charge in [-0.15, -0.1) is 0 Å². The lowest BCUT2D eigenvalue weighted by Gasteiger charge is -2.25. The molecule has 0 aromatic carbocycles. The number of likely N-dealkylation sites (tertiary alicyclic amines) is 1. The fourth-order valence-corrected chi connectivity index (χ4v) is 2.24. The molecule has 2 N–H and O–H groups in total. The lowest BCUT2D eigenvalue weighted by molar-refractivity contribution is -0.146. The Morgan fingerprint density at radius 1 is 1.42 bits per heavy atom. The summed E-state index contributed by atoms with van der Waals surface area (Å²) in [6.45, 7) is 6.80. The quantitative estimate of drug-likeness (QED) is 0.775. The van der Waals surface area contributed by atoms with Crippen molar-refractivity contribution in [1.29, 1.82) is 0 Å². The lowest BCUT2D eigenvalue weighted by Crippen LogP contribution is -2.37. The van der Waals surface area contributed by atoms with Gasteiger partial charge in [-0.3, -0.25) is 4.79 Å². The highest BCUT2D eigenvalue weighted by Gasteiger charge is 2.36. The monoisotopic (exact) mass is 272 g/mol. The second-order valence-electron chi connectivity index (χ2n) is 5.84. The van der Waals surface area contributed by atoms with E-state index in [0.29, 0.717) is 13.1 Å². The van der Waals surface area contributed by atoms with Crippen molar-refractivity contribution in [3.05, 3.63) is 0 Å². The molecular formula is C13H24N2O4. The fraction of sp³-hybridized carbons (Fsp3) is 0.846. The van der Waals surface area contributed by atoms with Crippen molar-refractivity contribution in [1.82, 2.24) is 4.90 Å². The SMILES string of the molecule is COC(=O)C(CN)C1CCN(C(=O)OC(C)(C)C)C1. The highest BCUT2D eigenvalue weighted by atomic mass is 16.6. The van der Waals surface area contributed by atoms with Gasteiger partial charge in [0.1, 0.15) is 5.60 Å². The minimum absolute atomic E-state index is 0.0463. The Kier molecular flexibility index (Phi) is 5.17.